The van der Waals surface area contributed by atoms with E-state index >= 15 is 0 Å². The molecule has 0 spiro atoms. The number of nitrogens with one attached hydrogen (secondary N) is 2. The summed E-state index contributed by atoms with van der Waals surface area (Å²) in [5, 5.41) is 22.9. The fourth-order valence-corrected chi connectivity index (χ4v) is 2.38. The summed E-state index contributed by atoms with van der Waals surface area (Å²) in [7, 11) is 0. The van der Waals surface area contributed by atoms with Crippen LogP contribution in [0.25, 0.3) is 0 Å². The lowest BCUT2D eigenvalue weighted by atomic mass is 9.97. The van der Waals surface area contributed by atoms with Gasteiger partial charge in [0.15, 0.2) is 0 Å². The average molecular weight is 388 g/mol. The predicted octanol–water partition coefficient (Wildman–Crippen LogP) is -0.592. The molecule has 0 saturated heterocycles. The van der Waals surface area contributed by atoms with E-state index < -0.39 is 41.9 Å². The molecule has 27 heavy (non-hydrogen) atoms. The number of hydrogen-bond acceptors (Lipinski definition) is 6. The number of rotatable bonds is 14. The number of carbonyl (C=O) groups is 4. The minimum atomic E-state index is -1.16. The molecule has 8 N–H and O–H groups in total. The van der Waals surface area contributed by atoms with E-state index in [0.29, 0.717) is 25.8 Å². The summed E-state index contributed by atoms with van der Waals surface area (Å²) in [6.45, 7) is 4.01. The van der Waals surface area contributed by atoms with Crippen molar-refractivity contribution in [2.45, 2.75) is 70.5 Å². The molecule has 0 fully saturated rings. The highest BCUT2D eigenvalue weighted by molar-refractivity contribution is 5.92. The second kappa shape index (κ2) is 13.0. The second-order valence-corrected chi connectivity index (χ2v) is 6.59. The van der Waals surface area contributed by atoms with Gasteiger partial charge >= 0.3 is 11.9 Å². The summed E-state index contributed by atoms with van der Waals surface area (Å²) >= 11 is 0. The van der Waals surface area contributed by atoms with Crippen LogP contribution in [0, 0.1) is 5.92 Å². The lowest BCUT2D eigenvalue weighted by molar-refractivity contribution is -0.142. The van der Waals surface area contributed by atoms with E-state index in [2.05, 4.69) is 10.6 Å². The maximum absolute atomic E-state index is 12.6. The quantitative estimate of drug-likeness (QED) is 0.213. The van der Waals surface area contributed by atoms with Crippen molar-refractivity contribution in [2.24, 2.45) is 17.4 Å². The molecule has 0 heterocycles. The predicted molar refractivity (Wildman–Crippen MR) is 98.7 cm³/mol. The van der Waals surface area contributed by atoms with Crippen LogP contribution in [-0.2, 0) is 19.2 Å². The van der Waals surface area contributed by atoms with Gasteiger partial charge in [-0.2, -0.15) is 0 Å². The number of aliphatic carboxylic acids is 2. The van der Waals surface area contributed by atoms with Gasteiger partial charge in [0, 0.05) is 6.42 Å². The van der Waals surface area contributed by atoms with Crippen LogP contribution in [0.4, 0.5) is 0 Å². The second-order valence-electron chi connectivity index (χ2n) is 6.59. The Morgan fingerprint density at radius 3 is 2.11 bits per heavy atom. The summed E-state index contributed by atoms with van der Waals surface area (Å²) in [5.74, 6) is -3.75. The van der Waals surface area contributed by atoms with Crippen LogP contribution in [0.15, 0.2) is 0 Å². The van der Waals surface area contributed by atoms with Crippen molar-refractivity contribution in [1.82, 2.24) is 10.6 Å². The van der Waals surface area contributed by atoms with Gasteiger partial charge in [0.05, 0.1) is 6.04 Å². The third-order valence-electron chi connectivity index (χ3n) is 4.36. The molecule has 0 aromatic rings. The van der Waals surface area contributed by atoms with Gasteiger partial charge < -0.3 is 32.3 Å². The van der Waals surface area contributed by atoms with E-state index in [1.165, 1.54) is 0 Å². The Balaban J connectivity index is 4.99. The lowest BCUT2D eigenvalue weighted by Gasteiger charge is -2.26. The van der Waals surface area contributed by atoms with E-state index in [9.17, 15) is 24.3 Å². The van der Waals surface area contributed by atoms with Gasteiger partial charge in [-0.1, -0.05) is 20.3 Å². The highest BCUT2D eigenvalue weighted by Crippen LogP contribution is 2.10. The van der Waals surface area contributed by atoms with Crippen LogP contribution in [0.3, 0.4) is 0 Å². The first-order valence-electron chi connectivity index (χ1n) is 9.14. The van der Waals surface area contributed by atoms with Crippen LogP contribution < -0.4 is 22.1 Å². The minimum absolute atomic E-state index is 0.0626. The number of amides is 2. The number of carboxylic acids is 2. The zero-order valence-electron chi connectivity index (χ0n) is 15.9. The van der Waals surface area contributed by atoms with Crippen LogP contribution >= 0.6 is 0 Å². The normalized spacial score (nSPS) is 15.3. The summed E-state index contributed by atoms with van der Waals surface area (Å²) < 4.78 is 0. The number of carbonyl (C=O) groups excluding carboxylic acids is 2. The Kier molecular flexibility index (Phi) is 12.0. The molecule has 0 aromatic carbocycles. The first-order chi connectivity index (χ1) is 12.6. The number of carboxylic acid groups (broad SMARTS) is 2. The Bertz CT molecular complexity index is 514. The van der Waals surface area contributed by atoms with Gasteiger partial charge in [-0.3, -0.25) is 14.4 Å². The van der Waals surface area contributed by atoms with Gasteiger partial charge in [-0.25, -0.2) is 4.79 Å². The van der Waals surface area contributed by atoms with Gasteiger partial charge in [0.2, 0.25) is 11.8 Å². The third-order valence-corrected chi connectivity index (χ3v) is 4.36. The van der Waals surface area contributed by atoms with Crippen molar-refractivity contribution >= 4 is 23.8 Å². The zero-order valence-corrected chi connectivity index (χ0v) is 15.9. The van der Waals surface area contributed by atoms with E-state index in [0.717, 1.165) is 0 Å². The molecule has 0 aromatic heterocycles. The van der Waals surface area contributed by atoms with Gasteiger partial charge in [0.1, 0.15) is 12.1 Å². The van der Waals surface area contributed by atoms with E-state index in [1.54, 1.807) is 6.92 Å². The Labute approximate surface area is 159 Å². The Hall–Kier alpha value is -2.20. The molecule has 10 heteroatoms. The smallest absolute Gasteiger partial charge is 0.326 e. The molecule has 156 valence electrons. The SMILES string of the molecule is CC[C@H](C)[C@H](NC(=O)[C@@H](N)CCC(=O)O)C(=O)N[C@@H](CCCCN)C(=O)O. The molecule has 10 nitrogen and oxygen atoms in total. The number of unbranched alkanes of at least 4 members (excludes halogenated alkanes) is 1. The average Bonchev–Trinajstić information content (AvgIpc) is 2.62. The van der Waals surface area contributed by atoms with Crippen molar-refractivity contribution < 1.29 is 29.4 Å². The molecular formula is C17H32N4O6. The van der Waals surface area contributed by atoms with Crippen molar-refractivity contribution in [3.63, 3.8) is 0 Å². The van der Waals surface area contributed by atoms with Gasteiger partial charge in [0.25, 0.3) is 0 Å². The highest BCUT2D eigenvalue weighted by atomic mass is 16.4. The van der Waals surface area contributed by atoms with Crippen molar-refractivity contribution in [1.29, 1.82) is 0 Å². The standard InChI is InChI=1S/C17H32N4O6/c1-3-10(2)14(21-15(24)11(19)7-8-13(22)23)16(25)20-12(17(26)27)6-4-5-9-18/h10-12,14H,3-9,18-19H2,1-2H3,(H,20,25)(H,21,24)(H,22,23)(H,26,27)/t10-,11-,12-,14-/m0/s1. The fourth-order valence-electron chi connectivity index (χ4n) is 2.38. The molecule has 0 aliphatic carbocycles. The Morgan fingerprint density at radius 1 is 1.00 bits per heavy atom. The van der Waals surface area contributed by atoms with Gasteiger partial charge in [-0.05, 0) is 38.1 Å². The van der Waals surface area contributed by atoms with Crippen LogP contribution in [-0.4, -0.2) is 58.6 Å². The molecule has 0 aliphatic heterocycles. The highest BCUT2D eigenvalue weighted by Gasteiger charge is 2.30. The van der Waals surface area contributed by atoms with Crippen LogP contribution in [0.2, 0.25) is 0 Å². The molecule has 2 amide bonds. The zero-order chi connectivity index (χ0) is 21.0. The first-order valence-corrected chi connectivity index (χ1v) is 9.14. The van der Waals surface area contributed by atoms with Crippen molar-refractivity contribution in [3.05, 3.63) is 0 Å². The topological polar surface area (TPSA) is 185 Å². The van der Waals surface area contributed by atoms with E-state index in [4.69, 9.17) is 16.6 Å². The number of nitrogens with two attached hydrogens (primary N) is 2. The molecular weight excluding hydrogens is 356 g/mol. The van der Waals surface area contributed by atoms with Crippen molar-refractivity contribution in [2.75, 3.05) is 6.54 Å². The summed E-state index contributed by atoms with van der Waals surface area (Å²) in [4.78, 5) is 46.7. The molecule has 4 atom stereocenters. The van der Waals surface area contributed by atoms with E-state index in [1.807, 2.05) is 6.92 Å². The van der Waals surface area contributed by atoms with Crippen molar-refractivity contribution in [3.8, 4) is 0 Å². The molecule has 0 rings (SSSR count). The molecule has 0 unspecified atom stereocenters. The largest absolute Gasteiger partial charge is 0.481 e. The molecule has 0 bridgehead atoms. The maximum atomic E-state index is 12.6. The molecule has 0 radical (unpaired) electrons. The number of hydrogen-bond donors (Lipinski definition) is 6. The molecule has 0 aliphatic rings. The van der Waals surface area contributed by atoms with Crippen LogP contribution in [0.5, 0.6) is 0 Å². The van der Waals surface area contributed by atoms with Gasteiger partial charge in [-0.15, -0.1) is 0 Å². The fraction of sp³-hybridized carbons (Fsp3) is 0.765. The lowest BCUT2D eigenvalue weighted by Crippen LogP contribution is -2.56. The monoisotopic (exact) mass is 388 g/mol. The summed E-state index contributed by atoms with van der Waals surface area (Å²) in [6, 6.07) is -3.11. The summed E-state index contributed by atoms with van der Waals surface area (Å²) in [6.07, 6.45) is 1.66. The molecule has 0 saturated carbocycles. The van der Waals surface area contributed by atoms with E-state index in [-0.39, 0.29) is 25.2 Å². The van der Waals surface area contributed by atoms with Crippen LogP contribution in [0.1, 0.15) is 52.4 Å². The Morgan fingerprint density at radius 2 is 1.63 bits per heavy atom. The first kappa shape index (κ1) is 24.8. The summed E-state index contributed by atoms with van der Waals surface area (Å²) in [5.41, 5.74) is 11.1. The third kappa shape index (κ3) is 9.90. The minimum Gasteiger partial charge on any atom is -0.481 e. The maximum Gasteiger partial charge on any atom is 0.326 e.